The maximum Gasteiger partial charge on any atom is 0.0559 e. The number of hydrogen-bond donors (Lipinski definition) is 1. The van der Waals surface area contributed by atoms with Crippen LogP contribution < -0.4 is 5.73 Å². The number of hydrogen-bond acceptors (Lipinski definition) is 2. The first kappa shape index (κ1) is 11.6. The Morgan fingerprint density at radius 1 is 1.31 bits per heavy atom. The van der Waals surface area contributed by atoms with Crippen molar-refractivity contribution < 1.29 is 4.74 Å². The van der Waals surface area contributed by atoms with E-state index in [2.05, 4.69) is 31.2 Å². The molecular weight excluding hydrogens is 198 g/mol. The molecule has 88 valence electrons. The zero-order chi connectivity index (χ0) is 11.6. The molecule has 0 unspecified atom stereocenters. The minimum Gasteiger partial charge on any atom is -0.384 e. The van der Waals surface area contributed by atoms with E-state index >= 15 is 0 Å². The first-order chi connectivity index (χ1) is 7.70. The van der Waals surface area contributed by atoms with E-state index < -0.39 is 0 Å². The van der Waals surface area contributed by atoms with Gasteiger partial charge in [0.15, 0.2) is 0 Å². The van der Waals surface area contributed by atoms with Crippen LogP contribution in [0.3, 0.4) is 0 Å². The van der Waals surface area contributed by atoms with Crippen molar-refractivity contribution in [3.05, 3.63) is 35.4 Å². The lowest BCUT2D eigenvalue weighted by Crippen LogP contribution is -2.47. The molecule has 2 rings (SSSR count). The fourth-order valence-electron chi connectivity index (χ4n) is 2.83. The van der Waals surface area contributed by atoms with Crippen LogP contribution in [0.2, 0.25) is 0 Å². The van der Waals surface area contributed by atoms with Gasteiger partial charge in [-0.25, -0.2) is 0 Å². The molecule has 2 heteroatoms. The van der Waals surface area contributed by atoms with Gasteiger partial charge in [-0.05, 0) is 37.8 Å². The Morgan fingerprint density at radius 2 is 1.94 bits per heavy atom. The van der Waals surface area contributed by atoms with Crippen LogP contribution >= 0.6 is 0 Å². The fourth-order valence-corrected chi connectivity index (χ4v) is 2.83. The van der Waals surface area contributed by atoms with Crippen molar-refractivity contribution >= 4 is 0 Å². The van der Waals surface area contributed by atoms with Crippen LogP contribution in [0.1, 0.15) is 24.0 Å². The van der Waals surface area contributed by atoms with Crippen LogP contribution in [-0.2, 0) is 10.2 Å². The maximum atomic E-state index is 5.71. The smallest absolute Gasteiger partial charge is 0.0559 e. The summed E-state index contributed by atoms with van der Waals surface area (Å²) in [5.74, 6) is 0.677. The molecule has 0 aliphatic heterocycles. The lowest BCUT2D eigenvalue weighted by atomic mass is 9.59. The number of ether oxygens (including phenoxy) is 1. The minimum atomic E-state index is 0.229. The van der Waals surface area contributed by atoms with Crippen molar-refractivity contribution in [3.8, 4) is 0 Å². The van der Waals surface area contributed by atoms with Gasteiger partial charge in [-0.2, -0.15) is 0 Å². The van der Waals surface area contributed by atoms with Crippen molar-refractivity contribution in [2.75, 3.05) is 20.3 Å². The highest BCUT2D eigenvalue weighted by Crippen LogP contribution is 2.47. The predicted molar refractivity (Wildman–Crippen MR) is 66.5 cm³/mol. The van der Waals surface area contributed by atoms with Gasteiger partial charge in [-0.1, -0.05) is 29.8 Å². The SMILES string of the molecule is COCC1(c2ccc(C)cc2)CC(CN)C1. The third kappa shape index (κ3) is 2.00. The Kier molecular flexibility index (Phi) is 3.31. The molecule has 0 atom stereocenters. The summed E-state index contributed by atoms with van der Waals surface area (Å²) < 4.78 is 5.39. The van der Waals surface area contributed by atoms with Crippen LogP contribution in [0.4, 0.5) is 0 Å². The average Bonchev–Trinajstić information content (AvgIpc) is 2.24. The number of benzene rings is 1. The molecule has 0 spiro atoms. The Labute approximate surface area is 97.8 Å². The topological polar surface area (TPSA) is 35.2 Å². The standard InChI is InChI=1S/C14H21NO/c1-11-3-5-13(6-4-11)14(10-16-2)7-12(8-14)9-15/h3-6,12H,7-10,15H2,1-2H3. The number of rotatable bonds is 4. The second-order valence-electron chi connectivity index (χ2n) is 5.09. The van der Waals surface area contributed by atoms with Gasteiger partial charge in [0.2, 0.25) is 0 Å². The molecule has 1 saturated carbocycles. The highest BCUT2D eigenvalue weighted by Gasteiger charge is 2.44. The van der Waals surface area contributed by atoms with Gasteiger partial charge < -0.3 is 10.5 Å². The summed E-state index contributed by atoms with van der Waals surface area (Å²) in [4.78, 5) is 0. The first-order valence-corrected chi connectivity index (χ1v) is 5.96. The van der Waals surface area contributed by atoms with Crippen LogP contribution in [0.5, 0.6) is 0 Å². The van der Waals surface area contributed by atoms with Crippen LogP contribution in [0.15, 0.2) is 24.3 Å². The van der Waals surface area contributed by atoms with E-state index in [0.717, 1.165) is 13.2 Å². The van der Waals surface area contributed by atoms with Gasteiger partial charge in [0, 0.05) is 12.5 Å². The monoisotopic (exact) mass is 219 g/mol. The van der Waals surface area contributed by atoms with Crippen LogP contribution in [-0.4, -0.2) is 20.3 Å². The van der Waals surface area contributed by atoms with Gasteiger partial charge in [0.25, 0.3) is 0 Å². The molecule has 0 aromatic heterocycles. The van der Waals surface area contributed by atoms with E-state index in [1.54, 1.807) is 7.11 Å². The summed E-state index contributed by atoms with van der Waals surface area (Å²) in [7, 11) is 1.78. The van der Waals surface area contributed by atoms with E-state index in [0.29, 0.717) is 5.92 Å². The molecule has 0 amide bonds. The van der Waals surface area contributed by atoms with Gasteiger partial charge in [0.05, 0.1) is 6.61 Å². The quantitative estimate of drug-likeness (QED) is 0.843. The number of aryl methyl sites for hydroxylation is 1. The van der Waals surface area contributed by atoms with E-state index in [-0.39, 0.29) is 5.41 Å². The van der Waals surface area contributed by atoms with Crippen molar-refractivity contribution in [1.29, 1.82) is 0 Å². The molecule has 0 saturated heterocycles. The molecule has 2 nitrogen and oxygen atoms in total. The van der Waals surface area contributed by atoms with Crippen molar-refractivity contribution in [2.24, 2.45) is 11.7 Å². The largest absolute Gasteiger partial charge is 0.384 e. The van der Waals surface area contributed by atoms with Crippen molar-refractivity contribution in [3.63, 3.8) is 0 Å². The van der Waals surface area contributed by atoms with E-state index in [9.17, 15) is 0 Å². The van der Waals surface area contributed by atoms with Gasteiger partial charge in [0.1, 0.15) is 0 Å². The molecule has 0 bridgehead atoms. The molecule has 2 N–H and O–H groups in total. The molecule has 1 aliphatic rings. The second kappa shape index (κ2) is 4.56. The Bertz CT molecular complexity index is 338. The number of methoxy groups -OCH3 is 1. The first-order valence-electron chi connectivity index (χ1n) is 5.96. The average molecular weight is 219 g/mol. The lowest BCUT2D eigenvalue weighted by molar-refractivity contribution is 0.0423. The molecule has 1 aromatic rings. The summed E-state index contributed by atoms with van der Waals surface area (Å²) in [5, 5.41) is 0. The van der Waals surface area contributed by atoms with Gasteiger partial charge >= 0.3 is 0 Å². The zero-order valence-corrected chi connectivity index (χ0v) is 10.2. The summed E-state index contributed by atoms with van der Waals surface area (Å²) >= 11 is 0. The van der Waals surface area contributed by atoms with Gasteiger partial charge in [-0.15, -0.1) is 0 Å². The molecule has 1 aliphatic carbocycles. The van der Waals surface area contributed by atoms with Gasteiger partial charge in [-0.3, -0.25) is 0 Å². The lowest BCUT2D eigenvalue weighted by Gasteiger charge is -2.47. The minimum absolute atomic E-state index is 0.229. The molecule has 1 aromatic carbocycles. The van der Waals surface area contributed by atoms with E-state index in [1.165, 1.54) is 24.0 Å². The zero-order valence-electron chi connectivity index (χ0n) is 10.2. The van der Waals surface area contributed by atoms with Crippen molar-refractivity contribution in [1.82, 2.24) is 0 Å². The number of nitrogens with two attached hydrogens (primary N) is 1. The third-order valence-corrected chi connectivity index (χ3v) is 3.78. The molecule has 16 heavy (non-hydrogen) atoms. The third-order valence-electron chi connectivity index (χ3n) is 3.78. The maximum absolute atomic E-state index is 5.71. The summed E-state index contributed by atoms with van der Waals surface area (Å²) in [6, 6.07) is 8.84. The Morgan fingerprint density at radius 3 is 2.44 bits per heavy atom. The summed E-state index contributed by atoms with van der Waals surface area (Å²) in [6.45, 7) is 3.74. The fraction of sp³-hybridized carbons (Fsp3) is 0.571. The van der Waals surface area contributed by atoms with Crippen LogP contribution in [0.25, 0.3) is 0 Å². The second-order valence-corrected chi connectivity index (χ2v) is 5.09. The molecule has 0 radical (unpaired) electrons. The summed E-state index contributed by atoms with van der Waals surface area (Å²) in [6.07, 6.45) is 2.33. The highest BCUT2D eigenvalue weighted by molar-refractivity contribution is 5.31. The Hall–Kier alpha value is -0.860. The molecular formula is C14H21NO. The van der Waals surface area contributed by atoms with E-state index in [4.69, 9.17) is 10.5 Å². The molecule has 0 heterocycles. The van der Waals surface area contributed by atoms with Crippen molar-refractivity contribution in [2.45, 2.75) is 25.2 Å². The van der Waals surface area contributed by atoms with Crippen LogP contribution in [0, 0.1) is 12.8 Å². The highest BCUT2D eigenvalue weighted by atomic mass is 16.5. The summed E-state index contributed by atoms with van der Waals surface area (Å²) in [5.41, 5.74) is 8.66. The Balaban J connectivity index is 2.17. The predicted octanol–water partition coefficient (Wildman–Crippen LogP) is 2.25. The normalized spacial score (nSPS) is 28.8. The van der Waals surface area contributed by atoms with E-state index in [1.807, 2.05) is 0 Å². The molecule has 1 fully saturated rings.